The number of rotatable bonds is 7. The number of hydrogen-bond donors (Lipinski definition) is 1. The summed E-state index contributed by atoms with van der Waals surface area (Å²) in [5, 5.41) is 3.51. The van der Waals surface area contributed by atoms with Crippen molar-refractivity contribution in [2.45, 2.75) is 27.7 Å². The Kier molecular flexibility index (Phi) is 6.65. The zero-order valence-corrected chi connectivity index (χ0v) is 12.9. The lowest BCUT2D eigenvalue weighted by Crippen LogP contribution is -2.23. The minimum atomic E-state index is 0.532. The van der Waals surface area contributed by atoms with Crippen molar-refractivity contribution in [3.63, 3.8) is 0 Å². The summed E-state index contributed by atoms with van der Waals surface area (Å²) >= 11 is 0. The van der Waals surface area contributed by atoms with E-state index in [2.05, 4.69) is 45.2 Å². The van der Waals surface area contributed by atoms with E-state index in [4.69, 9.17) is 4.74 Å². The van der Waals surface area contributed by atoms with Crippen LogP contribution < -0.4 is 10.1 Å². The van der Waals surface area contributed by atoms with Crippen molar-refractivity contribution in [1.29, 1.82) is 0 Å². The third-order valence-corrected chi connectivity index (χ3v) is 3.10. The first-order chi connectivity index (χ1) is 9.04. The van der Waals surface area contributed by atoms with Crippen molar-refractivity contribution >= 4 is 6.08 Å². The van der Waals surface area contributed by atoms with Crippen LogP contribution in [-0.2, 0) is 0 Å². The molecule has 0 aliphatic heterocycles. The predicted octanol–water partition coefficient (Wildman–Crippen LogP) is 3.98. The van der Waals surface area contributed by atoms with E-state index in [-0.39, 0.29) is 0 Å². The summed E-state index contributed by atoms with van der Waals surface area (Å²) < 4.78 is 5.40. The Balaban J connectivity index is 2.82. The molecule has 2 nitrogen and oxygen atoms in total. The molecule has 0 heterocycles. The molecule has 0 radical (unpaired) electrons. The second kappa shape index (κ2) is 8.00. The molecule has 1 rings (SSSR count). The maximum absolute atomic E-state index is 5.40. The number of ether oxygens (including phenoxy) is 1. The summed E-state index contributed by atoms with van der Waals surface area (Å²) in [7, 11) is 1.72. The minimum absolute atomic E-state index is 0.532. The first kappa shape index (κ1) is 15.8. The fourth-order valence-corrected chi connectivity index (χ4v) is 1.91. The molecule has 0 aliphatic carbocycles. The summed E-state index contributed by atoms with van der Waals surface area (Å²) in [6.45, 7) is 10.9. The first-order valence-electron chi connectivity index (χ1n) is 7.08. The molecule has 0 saturated carbocycles. The molecule has 0 bridgehead atoms. The van der Waals surface area contributed by atoms with Crippen molar-refractivity contribution in [1.82, 2.24) is 5.32 Å². The van der Waals surface area contributed by atoms with Gasteiger partial charge < -0.3 is 10.1 Å². The fourth-order valence-electron chi connectivity index (χ4n) is 1.91. The van der Waals surface area contributed by atoms with Crippen LogP contribution in [0.1, 0.15) is 33.3 Å². The van der Waals surface area contributed by atoms with Crippen LogP contribution >= 0.6 is 0 Å². The summed E-state index contributed by atoms with van der Waals surface area (Å²) in [6, 6.07) is 8.16. The van der Waals surface area contributed by atoms with Gasteiger partial charge in [-0.25, -0.2) is 0 Å². The van der Waals surface area contributed by atoms with Gasteiger partial charge in [-0.15, -0.1) is 0 Å². The van der Waals surface area contributed by atoms with Crippen LogP contribution in [0.25, 0.3) is 6.08 Å². The average Bonchev–Trinajstić information content (AvgIpc) is 2.37. The molecule has 0 aromatic heterocycles. The fraction of sp³-hybridized carbons (Fsp3) is 0.529. The molecular formula is C17H27NO. The normalized spacial score (nSPS) is 12.3. The molecule has 0 amide bonds. The zero-order chi connectivity index (χ0) is 14.3. The average molecular weight is 261 g/mol. The minimum Gasteiger partial charge on any atom is -0.496 e. The lowest BCUT2D eigenvalue weighted by Gasteiger charge is -2.15. The van der Waals surface area contributed by atoms with Crippen LogP contribution in [0.3, 0.4) is 0 Å². The largest absolute Gasteiger partial charge is 0.496 e. The lowest BCUT2D eigenvalue weighted by molar-refractivity contribution is 0.414. The second-order valence-corrected chi connectivity index (χ2v) is 5.64. The maximum atomic E-state index is 5.40. The van der Waals surface area contributed by atoms with Crippen LogP contribution in [0.5, 0.6) is 5.75 Å². The van der Waals surface area contributed by atoms with Crippen LogP contribution in [0.4, 0.5) is 0 Å². The van der Waals surface area contributed by atoms with Crippen molar-refractivity contribution < 1.29 is 4.74 Å². The highest BCUT2D eigenvalue weighted by molar-refractivity contribution is 5.60. The summed E-state index contributed by atoms with van der Waals surface area (Å²) in [5.41, 5.74) is 2.56. The van der Waals surface area contributed by atoms with Gasteiger partial charge in [-0.1, -0.05) is 57.5 Å². The van der Waals surface area contributed by atoms with Crippen molar-refractivity contribution in [3.05, 3.63) is 35.4 Å². The highest BCUT2D eigenvalue weighted by Gasteiger charge is 2.06. The number of benzene rings is 1. The molecule has 0 atom stereocenters. The molecule has 1 aromatic rings. The molecule has 0 aliphatic rings. The van der Waals surface area contributed by atoms with E-state index in [0.717, 1.165) is 24.4 Å². The monoisotopic (exact) mass is 261 g/mol. The Hall–Kier alpha value is -1.28. The highest BCUT2D eigenvalue weighted by Crippen LogP contribution is 2.22. The molecule has 0 unspecified atom stereocenters. The number of para-hydroxylation sites is 1. The van der Waals surface area contributed by atoms with Gasteiger partial charge in [0.15, 0.2) is 0 Å². The molecule has 19 heavy (non-hydrogen) atoms. The van der Waals surface area contributed by atoms with Gasteiger partial charge in [0.25, 0.3) is 0 Å². The molecule has 1 aromatic carbocycles. The van der Waals surface area contributed by atoms with Crippen LogP contribution in [0.15, 0.2) is 29.8 Å². The van der Waals surface area contributed by atoms with Crippen LogP contribution in [0.2, 0.25) is 0 Å². The first-order valence-corrected chi connectivity index (χ1v) is 7.08. The zero-order valence-electron chi connectivity index (χ0n) is 12.9. The Labute approximate surface area is 117 Å². The molecule has 0 fully saturated rings. The van der Waals surface area contributed by atoms with Gasteiger partial charge in [0.1, 0.15) is 5.75 Å². The Morgan fingerprint density at radius 1 is 1.21 bits per heavy atom. The summed E-state index contributed by atoms with van der Waals surface area (Å²) in [6.07, 6.45) is 2.25. The van der Waals surface area contributed by atoms with Gasteiger partial charge >= 0.3 is 0 Å². The highest BCUT2D eigenvalue weighted by atomic mass is 16.5. The van der Waals surface area contributed by atoms with Gasteiger partial charge in [0.05, 0.1) is 7.11 Å². The smallest absolute Gasteiger partial charge is 0.126 e. The Morgan fingerprint density at radius 3 is 2.47 bits per heavy atom. The van der Waals surface area contributed by atoms with Gasteiger partial charge in [0, 0.05) is 12.1 Å². The predicted molar refractivity (Wildman–Crippen MR) is 83.5 cm³/mol. The molecular weight excluding hydrogens is 234 g/mol. The van der Waals surface area contributed by atoms with E-state index in [1.165, 1.54) is 5.57 Å². The third kappa shape index (κ3) is 5.48. The van der Waals surface area contributed by atoms with Crippen molar-refractivity contribution in [3.8, 4) is 5.75 Å². The van der Waals surface area contributed by atoms with E-state index in [1.807, 2.05) is 18.2 Å². The number of hydrogen-bond acceptors (Lipinski definition) is 2. The van der Waals surface area contributed by atoms with E-state index in [0.29, 0.717) is 11.8 Å². The molecule has 0 saturated heterocycles. The van der Waals surface area contributed by atoms with Gasteiger partial charge in [-0.2, -0.15) is 0 Å². The molecule has 106 valence electrons. The second-order valence-electron chi connectivity index (χ2n) is 5.64. The van der Waals surface area contributed by atoms with Crippen molar-refractivity contribution in [2.75, 3.05) is 20.2 Å². The van der Waals surface area contributed by atoms with E-state index >= 15 is 0 Å². The van der Waals surface area contributed by atoms with E-state index in [1.54, 1.807) is 7.11 Å². The molecule has 0 spiro atoms. The third-order valence-electron chi connectivity index (χ3n) is 3.10. The topological polar surface area (TPSA) is 21.3 Å². The molecule has 1 N–H and O–H groups in total. The van der Waals surface area contributed by atoms with Crippen LogP contribution in [0, 0.1) is 11.8 Å². The van der Waals surface area contributed by atoms with E-state index < -0.39 is 0 Å². The Morgan fingerprint density at radius 2 is 1.89 bits per heavy atom. The van der Waals surface area contributed by atoms with Gasteiger partial charge in [-0.3, -0.25) is 0 Å². The van der Waals surface area contributed by atoms with E-state index in [9.17, 15) is 0 Å². The molecule has 2 heteroatoms. The lowest BCUT2D eigenvalue weighted by atomic mass is 9.99. The van der Waals surface area contributed by atoms with Gasteiger partial charge in [-0.05, 0) is 24.4 Å². The van der Waals surface area contributed by atoms with Gasteiger partial charge in [0.2, 0.25) is 0 Å². The quantitative estimate of drug-likeness (QED) is 0.801. The van der Waals surface area contributed by atoms with Crippen LogP contribution in [-0.4, -0.2) is 20.2 Å². The number of methoxy groups -OCH3 is 1. The summed E-state index contributed by atoms with van der Waals surface area (Å²) in [5.74, 6) is 2.15. The Bertz CT molecular complexity index is 407. The summed E-state index contributed by atoms with van der Waals surface area (Å²) in [4.78, 5) is 0. The number of nitrogens with one attached hydrogen (secondary N) is 1. The van der Waals surface area contributed by atoms with Crippen molar-refractivity contribution in [2.24, 2.45) is 11.8 Å². The SMILES string of the molecule is COc1ccccc1C=C(CNCC(C)C)C(C)C. The standard InChI is InChI=1S/C17H27NO/c1-13(2)11-18-12-16(14(3)4)10-15-8-6-7-9-17(15)19-5/h6-10,13-14,18H,11-12H2,1-5H3. The maximum Gasteiger partial charge on any atom is 0.126 e.